The number of aliphatic carboxylic acids is 1. The standard InChI is InChI=1S/C46H47ClFN5O7S/c47-30-18-14-28(15-19-30)24-40(44(56)53-41(45(57)58)25-29-16-20-31(48)21-17-29)52-43(55)39(51-42(54)38(49)26-32-8-7-23-61-32)13-5-6-22-50-46(59)60-27-37-35-11-3-1-9-33(35)34-10-2-4-12-36(34)37/h1-4,7-12,14-21,23,37-41H,5-6,13,22,24-27,49H2,(H,50,59)(H,51,54)(H,52,55)(H,53,56)(H,57,58)/t38-,39-,40-,41+/m0/s1. The molecule has 0 bridgehead atoms. The van der Waals surface area contributed by atoms with E-state index in [9.17, 15) is 33.5 Å². The zero-order valence-electron chi connectivity index (χ0n) is 33.2. The lowest BCUT2D eigenvalue weighted by molar-refractivity contribution is -0.142. The molecule has 1 aromatic heterocycles. The summed E-state index contributed by atoms with van der Waals surface area (Å²) in [5.74, 6) is -3.97. The number of benzene rings is 4. The predicted molar refractivity (Wildman–Crippen MR) is 232 cm³/mol. The van der Waals surface area contributed by atoms with Crippen LogP contribution >= 0.6 is 22.9 Å². The lowest BCUT2D eigenvalue weighted by Crippen LogP contribution is -2.58. The Labute approximate surface area is 362 Å². The smallest absolute Gasteiger partial charge is 0.407 e. The number of rotatable bonds is 20. The summed E-state index contributed by atoms with van der Waals surface area (Å²) in [7, 11) is 0. The summed E-state index contributed by atoms with van der Waals surface area (Å²) in [4.78, 5) is 67.2. The normalized spacial score (nSPS) is 13.8. The highest BCUT2D eigenvalue weighted by Gasteiger charge is 2.32. The number of carboxylic acids is 1. The van der Waals surface area contributed by atoms with Gasteiger partial charge in [-0.05, 0) is 88.4 Å². The Bertz CT molecular complexity index is 2250. The van der Waals surface area contributed by atoms with Crippen LogP contribution in [0.15, 0.2) is 115 Å². The number of halogens is 2. The van der Waals surface area contributed by atoms with Crippen LogP contribution in [0.2, 0.25) is 5.02 Å². The van der Waals surface area contributed by atoms with Crippen molar-refractivity contribution in [1.29, 1.82) is 0 Å². The number of unbranched alkanes of at least 4 members (excludes halogenated alkanes) is 1. The summed E-state index contributed by atoms with van der Waals surface area (Å²) in [5.41, 5.74) is 11.8. The van der Waals surface area contributed by atoms with Crippen molar-refractivity contribution in [2.75, 3.05) is 13.2 Å². The van der Waals surface area contributed by atoms with Crippen LogP contribution in [-0.4, -0.2) is 72.2 Å². The van der Waals surface area contributed by atoms with Crippen molar-refractivity contribution in [2.45, 2.75) is 68.6 Å². The second kappa shape index (κ2) is 21.4. The zero-order valence-corrected chi connectivity index (χ0v) is 34.7. The van der Waals surface area contributed by atoms with Crippen LogP contribution in [0.4, 0.5) is 9.18 Å². The van der Waals surface area contributed by atoms with Crippen molar-refractivity contribution in [3.8, 4) is 11.1 Å². The first kappa shape index (κ1) is 44.5. The number of hydrogen-bond acceptors (Lipinski definition) is 8. The molecule has 0 fully saturated rings. The van der Waals surface area contributed by atoms with Gasteiger partial charge in [0, 0.05) is 41.6 Å². The molecule has 1 aliphatic rings. The van der Waals surface area contributed by atoms with E-state index in [0.717, 1.165) is 27.1 Å². The highest BCUT2D eigenvalue weighted by molar-refractivity contribution is 7.09. The molecule has 7 N–H and O–H groups in total. The lowest BCUT2D eigenvalue weighted by Gasteiger charge is -2.25. The molecule has 1 aliphatic carbocycles. The second-order valence-corrected chi connectivity index (χ2v) is 16.3. The number of carbonyl (C=O) groups excluding carboxylic acids is 4. The molecule has 4 aromatic carbocycles. The molecule has 12 nitrogen and oxygen atoms in total. The molecule has 4 atom stereocenters. The fraction of sp³-hybridized carbons (Fsp3) is 0.283. The van der Waals surface area contributed by atoms with Crippen molar-refractivity contribution >= 4 is 52.7 Å². The van der Waals surface area contributed by atoms with Gasteiger partial charge in [0.05, 0.1) is 6.04 Å². The summed E-state index contributed by atoms with van der Waals surface area (Å²) >= 11 is 7.54. The highest BCUT2D eigenvalue weighted by Crippen LogP contribution is 2.44. The van der Waals surface area contributed by atoms with Crippen molar-refractivity contribution < 1.29 is 38.2 Å². The van der Waals surface area contributed by atoms with Crippen LogP contribution in [0.5, 0.6) is 0 Å². The van der Waals surface area contributed by atoms with E-state index < -0.39 is 59.8 Å². The van der Waals surface area contributed by atoms with Gasteiger partial charge in [0.1, 0.15) is 30.5 Å². The average Bonchev–Trinajstić information content (AvgIpc) is 3.89. The second-order valence-electron chi connectivity index (χ2n) is 14.8. The van der Waals surface area contributed by atoms with E-state index in [0.29, 0.717) is 29.0 Å². The van der Waals surface area contributed by atoms with E-state index in [1.165, 1.54) is 35.6 Å². The van der Waals surface area contributed by atoms with Gasteiger partial charge in [-0.25, -0.2) is 14.0 Å². The van der Waals surface area contributed by atoms with Gasteiger partial charge in [-0.1, -0.05) is 90.5 Å². The van der Waals surface area contributed by atoms with Crippen molar-refractivity contribution in [3.63, 3.8) is 0 Å². The molecule has 0 aliphatic heterocycles. The number of nitrogens with one attached hydrogen (secondary N) is 4. The summed E-state index contributed by atoms with van der Waals surface area (Å²) in [6, 6.07) is 26.8. The first-order chi connectivity index (χ1) is 29.4. The molecule has 5 aromatic rings. The topological polar surface area (TPSA) is 189 Å². The molecule has 0 saturated heterocycles. The molecule has 15 heteroatoms. The molecule has 4 amide bonds. The van der Waals surface area contributed by atoms with E-state index in [2.05, 4.69) is 33.4 Å². The fourth-order valence-corrected chi connectivity index (χ4v) is 8.16. The third kappa shape index (κ3) is 12.5. The van der Waals surface area contributed by atoms with Crippen LogP contribution in [0, 0.1) is 5.82 Å². The molecule has 0 unspecified atom stereocenters. The van der Waals surface area contributed by atoms with E-state index >= 15 is 0 Å². The number of carboxylic acid groups (broad SMARTS) is 1. The van der Waals surface area contributed by atoms with Crippen LogP contribution in [-0.2, 0) is 43.2 Å². The molecule has 0 radical (unpaired) electrons. The Hall–Kier alpha value is -6.09. The minimum Gasteiger partial charge on any atom is -0.480 e. The molecular formula is C46H47ClFN5O7S. The maximum atomic E-state index is 14.1. The van der Waals surface area contributed by atoms with Gasteiger partial charge < -0.3 is 36.8 Å². The van der Waals surface area contributed by atoms with Crippen LogP contribution < -0.4 is 27.0 Å². The number of carbonyl (C=O) groups is 5. The number of fused-ring (bicyclic) bond motifs is 3. The van der Waals surface area contributed by atoms with Crippen LogP contribution in [0.3, 0.4) is 0 Å². The van der Waals surface area contributed by atoms with Crippen molar-refractivity contribution in [2.24, 2.45) is 5.73 Å². The van der Waals surface area contributed by atoms with Crippen LogP contribution in [0.25, 0.3) is 11.1 Å². The minimum atomic E-state index is -1.41. The summed E-state index contributed by atoms with van der Waals surface area (Å²) in [5, 5.41) is 23.1. The molecular weight excluding hydrogens is 821 g/mol. The number of hydrogen-bond donors (Lipinski definition) is 6. The van der Waals surface area contributed by atoms with E-state index in [1.54, 1.807) is 24.3 Å². The zero-order chi connectivity index (χ0) is 43.3. The molecule has 61 heavy (non-hydrogen) atoms. The van der Waals surface area contributed by atoms with Gasteiger partial charge in [-0.3, -0.25) is 14.4 Å². The molecule has 1 heterocycles. The van der Waals surface area contributed by atoms with Gasteiger partial charge in [-0.15, -0.1) is 11.3 Å². The van der Waals surface area contributed by atoms with E-state index in [4.69, 9.17) is 22.1 Å². The molecule has 6 rings (SSSR count). The maximum absolute atomic E-state index is 14.1. The Morgan fingerprint density at radius 3 is 1.90 bits per heavy atom. The summed E-state index contributed by atoms with van der Waals surface area (Å²) < 4.78 is 19.2. The Kier molecular flexibility index (Phi) is 15.6. The first-order valence-corrected chi connectivity index (χ1v) is 21.2. The Balaban J connectivity index is 1.09. The Morgan fingerprint density at radius 2 is 1.28 bits per heavy atom. The van der Waals surface area contributed by atoms with Crippen molar-refractivity contribution in [1.82, 2.24) is 21.3 Å². The average molecular weight is 868 g/mol. The highest BCUT2D eigenvalue weighted by atomic mass is 35.5. The quantitative estimate of drug-likeness (QED) is 0.0503. The van der Waals surface area contributed by atoms with Gasteiger partial charge in [-0.2, -0.15) is 0 Å². The fourth-order valence-electron chi connectivity index (χ4n) is 7.27. The third-order valence-electron chi connectivity index (χ3n) is 10.5. The lowest BCUT2D eigenvalue weighted by atomic mass is 9.98. The van der Waals surface area contributed by atoms with Gasteiger partial charge in [0.2, 0.25) is 17.7 Å². The third-order valence-corrected chi connectivity index (χ3v) is 11.6. The monoisotopic (exact) mass is 867 g/mol. The van der Waals surface area contributed by atoms with Crippen molar-refractivity contribution in [3.05, 3.63) is 153 Å². The van der Waals surface area contributed by atoms with Gasteiger partial charge in [0.15, 0.2) is 0 Å². The SMILES string of the molecule is N[C@@H](Cc1cccs1)C(=O)N[C@@H](CCCCNC(=O)OCC1c2ccccc2-c2ccccc21)C(=O)N[C@@H](Cc1ccc(Cl)cc1)C(=O)N[C@H](Cc1ccc(F)cc1)C(=O)O. The molecule has 0 spiro atoms. The number of nitrogens with two attached hydrogens (primary N) is 1. The predicted octanol–water partition coefficient (Wildman–Crippen LogP) is 6.14. The molecule has 318 valence electrons. The number of thiophene rings is 1. The number of ether oxygens (including phenoxy) is 1. The largest absolute Gasteiger partial charge is 0.480 e. The van der Waals surface area contributed by atoms with Crippen LogP contribution in [0.1, 0.15) is 52.3 Å². The number of alkyl carbamates (subject to hydrolysis) is 1. The summed E-state index contributed by atoms with van der Waals surface area (Å²) in [6.07, 6.45) is 0.382. The van der Waals surface area contributed by atoms with E-state index in [1.807, 2.05) is 53.9 Å². The maximum Gasteiger partial charge on any atom is 0.407 e. The summed E-state index contributed by atoms with van der Waals surface area (Å²) in [6.45, 7) is 0.382. The van der Waals surface area contributed by atoms with Gasteiger partial charge in [0.25, 0.3) is 0 Å². The Morgan fingerprint density at radius 1 is 0.705 bits per heavy atom. The minimum absolute atomic E-state index is 0.0414. The van der Waals surface area contributed by atoms with E-state index in [-0.39, 0.29) is 44.8 Å². The van der Waals surface area contributed by atoms with Gasteiger partial charge >= 0.3 is 12.1 Å². The molecule has 0 saturated carbocycles. The number of amides is 4. The first-order valence-electron chi connectivity index (χ1n) is 19.9.